The molecule has 0 saturated carbocycles. The highest BCUT2D eigenvalue weighted by molar-refractivity contribution is 6.06. The molecule has 2 N–H and O–H groups in total. The summed E-state index contributed by atoms with van der Waals surface area (Å²) in [4.78, 5) is 12.4. The Kier molecular flexibility index (Phi) is 3.23. The number of carbonyl (C=O) groups is 1. The third-order valence-electron chi connectivity index (χ3n) is 3.18. The molecule has 0 atom stereocenters. The highest BCUT2D eigenvalue weighted by Gasteiger charge is 2.16. The number of amides is 1. The van der Waals surface area contributed by atoms with Gasteiger partial charge in [-0.1, -0.05) is 17.3 Å². The standard InChI is InChI=1S/C14H14N6O/c1-9-13(10(2)18-17-9)14(21)16-11-5-3-4-6-12(11)20-8-7-15-19-20/h3-8H,1-2H3,(H,16,21)(H,17,18). The normalized spacial score (nSPS) is 10.6. The van der Waals surface area contributed by atoms with Gasteiger partial charge in [0.1, 0.15) is 0 Å². The van der Waals surface area contributed by atoms with E-state index in [1.54, 1.807) is 24.0 Å². The molecule has 0 aliphatic carbocycles. The predicted molar refractivity (Wildman–Crippen MR) is 77.4 cm³/mol. The molecule has 0 radical (unpaired) electrons. The average molecular weight is 282 g/mol. The Bertz CT molecular complexity index is 755. The van der Waals surface area contributed by atoms with Crippen LogP contribution in [0, 0.1) is 13.8 Å². The van der Waals surface area contributed by atoms with Crippen LogP contribution in [0.25, 0.3) is 5.69 Å². The van der Waals surface area contributed by atoms with Crippen molar-refractivity contribution in [1.29, 1.82) is 0 Å². The molecule has 3 aromatic rings. The van der Waals surface area contributed by atoms with Crippen molar-refractivity contribution in [2.45, 2.75) is 13.8 Å². The zero-order valence-electron chi connectivity index (χ0n) is 11.7. The van der Waals surface area contributed by atoms with Crippen molar-refractivity contribution >= 4 is 11.6 Å². The van der Waals surface area contributed by atoms with Gasteiger partial charge in [-0.15, -0.1) is 5.10 Å². The molecule has 2 aromatic heterocycles. The SMILES string of the molecule is Cc1n[nH]c(C)c1C(=O)Nc1ccccc1-n1ccnn1. The van der Waals surface area contributed by atoms with Crippen LogP contribution >= 0.6 is 0 Å². The monoisotopic (exact) mass is 282 g/mol. The van der Waals surface area contributed by atoms with Gasteiger partial charge in [-0.3, -0.25) is 9.89 Å². The van der Waals surface area contributed by atoms with E-state index in [0.717, 1.165) is 11.4 Å². The van der Waals surface area contributed by atoms with E-state index < -0.39 is 0 Å². The van der Waals surface area contributed by atoms with Gasteiger partial charge < -0.3 is 5.32 Å². The Hall–Kier alpha value is -2.96. The topological polar surface area (TPSA) is 88.5 Å². The summed E-state index contributed by atoms with van der Waals surface area (Å²) in [6.07, 6.45) is 3.31. The second kappa shape index (κ2) is 5.20. The summed E-state index contributed by atoms with van der Waals surface area (Å²) in [6, 6.07) is 7.41. The fraction of sp³-hybridized carbons (Fsp3) is 0.143. The van der Waals surface area contributed by atoms with Gasteiger partial charge in [0.05, 0.1) is 35.0 Å². The van der Waals surface area contributed by atoms with Gasteiger partial charge in [0.25, 0.3) is 5.91 Å². The van der Waals surface area contributed by atoms with Crippen LogP contribution in [0.1, 0.15) is 21.7 Å². The maximum Gasteiger partial charge on any atom is 0.259 e. The summed E-state index contributed by atoms with van der Waals surface area (Å²) < 4.78 is 1.60. The molecule has 2 heterocycles. The summed E-state index contributed by atoms with van der Waals surface area (Å²) in [5.41, 5.74) is 3.38. The van der Waals surface area contributed by atoms with Crippen molar-refractivity contribution in [1.82, 2.24) is 25.2 Å². The van der Waals surface area contributed by atoms with Crippen LogP contribution in [0.3, 0.4) is 0 Å². The lowest BCUT2D eigenvalue weighted by molar-refractivity contribution is 0.102. The molecule has 0 aliphatic rings. The summed E-state index contributed by atoms with van der Waals surface area (Å²) in [6.45, 7) is 3.61. The lowest BCUT2D eigenvalue weighted by Crippen LogP contribution is -2.15. The molecule has 0 spiro atoms. The zero-order valence-corrected chi connectivity index (χ0v) is 11.7. The van der Waals surface area contributed by atoms with Crippen LogP contribution in [0.15, 0.2) is 36.7 Å². The zero-order chi connectivity index (χ0) is 14.8. The van der Waals surface area contributed by atoms with E-state index in [0.29, 0.717) is 16.9 Å². The van der Waals surface area contributed by atoms with E-state index in [1.165, 1.54) is 0 Å². The largest absolute Gasteiger partial charge is 0.320 e. The Labute approximate surface area is 121 Å². The van der Waals surface area contributed by atoms with Crippen molar-refractivity contribution in [3.63, 3.8) is 0 Å². The van der Waals surface area contributed by atoms with Crippen molar-refractivity contribution in [3.8, 4) is 5.69 Å². The van der Waals surface area contributed by atoms with Gasteiger partial charge in [0.15, 0.2) is 0 Å². The van der Waals surface area contributed by atoms with Crippen molar-refractivity contribution in [3.05, 3.63) is 53.6 Å². The molecule has 0 bridgehead atoms. The first-order valence-corrected chi connectivity index (χ1v) is 6.45. The van der Waals surface area contributed by atoms with E-state index >= 15 is 0 Å². The Balaban J connectivity index is 1.94. The summed E-state index contributed by atoms with van der Waals surface area (Å²) >= 11 is 0. The van der Waals surface area contributed by atoms with Crippen LogP contribution in [-0.2, 0) is 0 Å². The minimum atomic E-state index is -0.202. The van der Waals surface area contributed by atoms with Crippen LogP contribution in [0.5, 0.6) is 0 Å². The smallest absolute Gasteiger partial charge is 0.259 e. The number of aromatic amines is 1. The number of hydrogen-bond donors (Lipinski definition) is 2. The quantitative estimate of drug-likeness (QED) is 0.767. The molecule has 21 heavy (non-hydrogen) atoms. The molecule has 1 amide bonds. The lowest BCUT2D eigenvalue weighted by Gasteiger charge is -2.10. The maximum absolute atomic E-state index is 12.4. The van der Waals surface area contributed by atoms with Gasteiger partial charge in [-0.2, -0.15) is 5.10 Å². The first-order chi connectivity index (χ1) is 10.2. The minimum absolute atomic E-state index is 0.202. The third kappa shape index (κ3) is 2.40. The van der Waals surface area contributed by atoms with Crippen molar-refractivity contribution < 1.29 is 4.79 Å². The van der Waals surface area contributed by atoms with Gasteiger partial charge in [0, 0.05) is 5.69 Å². The van der Waals surface area contributed by atoms with E-state index in [9.17, 15) is 4.79 Å². The highest BCUT2D eigenvalue weighted by atomic mass is 16.1. The first kappa shape index (κ1) is 13.0. The second-order valence-electron chi connectivity index (χ2n) is 4.63. The van der Waals surface area contributed by atoms with E-state index in [-0.39, 0.29) is 5.91 Å². The van der Waals surface area contributed by atoms with Crippen LogP contribution < -0.4 is 5.32 Å². The summed E-state index contributed by atoms with van der Waals surface area (Å²) in [5.74, 6) is -0.202. The molecular formula is C14H14N6O. The number of nitrogens with one attached hydrogen (secondary N) is 2. The predicted octanol–water partition coefficient (Wildman–Crippen LogP) is 1.86. The van der Waals surface area contributed by atoms with Gasteiger partial charge in [-0.25, -0.2) is 4.68 Å². The number of H-pyrrole nitrogens is 1. The van der Waals surface area contributed by atoms with Crippen LogP contribution in [-0.4, -0.2) is 31.1 Å². The number of para-hydroxylation sites is 2. The second-order valence-corrected chi connectivity index (χ2v) is 4.63. The number of hydrogen-bond acceptors (Lipinski definition) is 4. The number of rotatable bonds is 3. The van der Waals surface area contributed by atoms with Crippen LogP contribution in [0.4, 0.5) is 5.69 Å². The summed E-state index contributed by atoms with van der Waals surface area (Å²) in [5, 5.41) is 17.5. The first-order valence-electron chi connectivity index (χ1n) is 6.45. The molecule has 106 valence electrons. The molecule has 7 heteroatoms. The Morgan fingerprint density at radius 2 is 2.10 bits per heavy atom. The molecule has 7 nitrogen and oxygen atoms in total. The number of aryl methyl sites for hydroxylation is 2. The van der Waals surface area contributed by atoms with Crippen LogP contribution in [0.2, 0.25) is 0 Å². The lowest BCUT2D eigenvalue weighted by atomic mass is 10.1. The molecule has 0 saturated heterocycles. The van der Waals surface area contributed by atoms with Gasteiger partial charge in [0.2, 0.25) is 0 Å². The molecule has 0 fully saturated rings. The number of nitrogens with zero attached hydrogens (tertiary/aromatic N) is 4. The number of anilines is 1. The Morgan fingerprint density at radius 3 is 2.76 bits per heavy atom. The summed E-state index contributed by atoms with van der Waals surface area (Å²) in [7, 11) is 0. The Morgan fingerprint density at radius 1 is 1.29 bits per heavy atom. The molecule has 0 unspecified atom stereocenters. The fourth-order valence-electron chi connectivity index (χ4n) is 2.19. The van der Waals surface area contributed by atoms with Gasteiger partial charge >= 0.3 is 0 Å². The molecular weight excluding hydrogens is 268 g/mol. The maximum atomic E-state index is 12.4. The number of aromatic nitrogens is 5. The van der Waals surface area contributed by atoms with Gasteiger partial charge in [-0.05, 0) is 26.0 Å². The number of carbonyl (C=O) groups excluding carboxylic acids is 1. The highest BCUT2D eigenvalue weighted by Crippen LogP contribution is 2.20. The molecule has 1 aromatic carbocycles. The number of benzene rings is 1. The third-order valence-corrected chi connectivity index (χ3v) is 3.18. The van der Waals surface area contributed by atoms with Crippen molar-refractivity contribution in [2.24, 2.45) is 0 Å². The van der Waals surface area contributed by atoms with E-state index in [2.05, 4.69) is 25.8 Å². The molecule has 0 aliphatic heterocycles. The van der Waals surface area contributed by atoms with E-state index in [4.69, 9.17) is 0 Å². The minimum Gasteiger partial charge on any atom is -0.320 e. The fourth-order valence-corrected chi connectivity index (χ4v) is 2.19. The average Bonchev–Trinajstić information content (AvgIpc) is 3.10. The molecule has 3 rings (SSSR count). The van der Waals surface area contributed by atoms with Crippen molar-refractivity contribution in [2.75, 3.05) is 5.32 Å². The van der Waals surface area contributed by atoms with E-state index in [1.807, 2.05) is 31.2 Å².